The fraction of sp³-hybridized carbons (Fsp3) is 0.444. The Kier molecular flexibility index (Phi) is 4.22. The van der Waals surface area contributed by atoms with E-state index in [0.29, 0.717) is 16.6 Å². The molecule has 0 radical (unpaired) electrons. The lowest BCUT2D eigenvalue weighted by Crippen LogP contribution is -2.37. The van der Waals surface area contributed by atoms with Gasteiger partial charge in [-0.2, -0.15) is 0 Å². The van der Waals surface area contributed by atoms with Crippen LogP contribution < -0.4 is 10.6 Å². The summed E-state index contributed by atoms with van der Waals surface area (Å²) in [6, 6.07) is 8.28. The number of sulfone groups is 1. The van der Waals surface area contributed by atoms with Crippen LogP contribution in [0.2, 0.25) is 0 Å². The van der Waals surface area contributed by atoms with Gasteiger partial charge >= 0.3 is 6.03 Å². The Labute approximate surface area is 152 Å². The van der Waals surface area contributed by atoms with Gasteiger partial charge in [-0.1, -0.05) is 0 Å². The molecule has 2 N–H and O–H groups in total. The summed E-state index contributed by atoms with van der Waals surface area (Å²) < 4.78 is 26.1. The molecule has 0 spiro atoms. The number of anilines is 1. The van der Waals surface area contributed by atoms with Gasteiger partial charge < -0.3 is 5.32 Å². The number of urea groups is 1. The van der Waals surface area contributed by atoms with Crippen LogP contribution in [0.15, 0.2) is 41.4 Å². The number of hydrogen-bond acceptors (Lipinski definition) is 4. The van der Waals surface area contributed by atoms with E-state index in [1.54, 1.807) is 41.2 Å². The highest BCUT2D eigenvalue weighted by atomic mass is 32.2. The summed E-state index contributed by atoms with van der Waals surface area (Å²) in [6.07, 6.45) is 5.56. The maximum atomic E-state index is 12.2. The highest BCUT2D eigenvalue weighted by Crippen LogP contribution is 2.34. The molecule has 138 valence electrons. The Hall–Kier alpha value is -2.35. The molecule has 26 heavy (non-hydrogen) atoms. The van der Waals surface area contributed by atoms with Crippen LogP contribution in [0.3, 0.4) is 0 Å². The van der Waals surface area contributed by atoms with Crippen LogP contribution in [0.5, 0.6) is 0 Å². The quantitative estimate of drug-likeness (QED) is 0.813. The topological polar surface area (TPSA) is 93.1 Å². The van der Waals surface area contributed by atoms with E-state index < -0.39 is 9.84 Å². The van der Waals surface area contributed by atoms with E-state index >= 15 is 0 Å². The monoisotopic (exact) mass is 374 g/mol. The van der Waals surface area contributed by atoms with Crippen LogP contribution in [0.1, 0.15) is 32.6 Å². The highest BCUT2D eigenvalue weighted by molar-refractivity contribution is 7.92. The number of benzene rings is 1. The molecule has 2 aromatic rings. The Morgan fingerprint density at radius 3 is 2.46 bits per heavy atom. The number of aromatic nitrogens is 2. The van der Waals surface area contributed by atoms with E-state index in [4.69, 9.17) is 0 Å². The number of hydrogen-bond donors (Lipinski definition) is 2. The van der Waals surface area contributed by atoms with Gasteiger partial charge in [0.2, 0.25) is 0 Å². The van der Waals surface area contributed by atoms with Gasteiger partial charge in [0.05, 0.1) is 15.8 Å². The predicted octanol–water partition coefficient (Wildman–Crippen LogP) is 2.73. The third-order valence-corrected chi connectivity index (χ3v) is 7.19. The molecule has 2 aliphatic rings. The lowest BCUT2D eigenvalue weighted by Gasteiger charge is -2.12. The van der Waals surface area contributed by atoms with Gasteiger partial charge in [-0.25, -0.2) is 17.9 Å². The minimum Gasteiger partial charge on any atom is -0.335 e. The molecule has 2 aliphatic carbocycles. The molecule has 7 nitrogen and oxygen atoms in total. The van der Waals surface area contributed by atoms with Gasteiger partial charge in [0.25, 0.3) is 0 Å². The summed E-state index contributed by atoms with van der Waals surface area (Å²) in [6.45, 7) is 2.01. The largest absolute Gasteiger partial charge is 0.335 e. The summed E-state index contributed by atoms with van der Waals surface area (Å²) in [4.78, 5) is 12.3. The van der Waals surface area contributed by atoms with Crippen LogP contribution in [0.25, 0.3) is 5.69 Å². The average molecular weight is 374 g/mol. The maximum Gasteiger partial charge on any atom is 0.320 e. The molecule has 1 aromatic carbocycles. The summed E-state index contributed by atoms with van der Waals surface area (Å²) in [7, 11) is -3.18. The van der Waals surface area contributed by atoms with Gasteiger partial charge in [-0.3, -0.25) is 5.32 Å². The second kappa shape index (κ2) is 6.42. The summed E-state index contributed by atoms with van der Waals surface area (Å²) in [5, 5.41) is 9.75. The zero-order chi connectivity index (χ0) is 18.3. The normalized spacial score (nSPS) is 18.3. The lowest BCUT2D eigenvalue weighted by atomic mass is 10.2. The molecule has 2 fully saturated rings. The van der Waals surface area contributed by atoms with Gasteiger partial charge in [0.1, 0.15) is 0 Å². The Morgan fingerprint density at radius 2 is 1.85 bits per heavy atom. The molecule has 4 rings (SSSR count). The second-order valence-electron chi connectivity index (χ2n) is 7.11. The van der Waals surface area contributed by atoms with Crippen molar-refractivity contribution in [3.63, 3.8) is 0 Å². The molecule has 1 atom stereocenters. The van der Waals surface area contributed by atoms with E-state index in [-0.39, 0.29) is 17.3 Å². The first-order valence-electron chi connectivity index (χ1n) is 8.91. The molecular formula is C18H22N4O3S. The Morgan fingerprint density at radius 1 is 1.15 bits per heavy atom. The van der Waals surface area contributed by atoms with Gasteiger partial charge in [0, 0.05) is 18.3 Å². The van der Waals surface area contributed by atoms with Crippen molar-refractivity contribution < 1.29 is 13.2 Å². The number of carbonyl (C=O) groups is 1. The number of carbonyl (C=O) groups excluding carboxylic acids is 1. The Bertz CT molecular complexity index is 912. The molecule has 2 amide bonds. The molecule has 0 saturated heterocycles. The smallest absolute Gasteiger partial charge is 0.320 e. The van der Waals surface area contributed by atoms with E-state index in [0.717, 1.165) is 18.5 Å². The first kappa shape index (κ1) is 17.1. The molecule has 0 bridgehead atoms. The number of amides is 2. The third kappa shape index (κ3) is 3.60. The van der Waals surface area contributed by atoms with Crippen molar-refractivity contribution in [1.29, 1.82) is 0 Å². The molecule has 1 heterocycles. The third-order valence-electron chi connectivity index (χ3n) is 4.91. The van der Waals surface area contributed by atoms with Crippen molar-refractivity contribution in [1.82, 2.24) is 15.1 Å². The summed E-state index contributed by atoms with van der Waals surface area (Å²) in [5.41, 5.74) is 0.736. The van der Waals surface area contributed by atoms with Gasteiger partial charge in [-0.05, 0) is 62.8 Å². The van der Waals surface area contributed by atoms with Crippen LogP contribution in [0, 0.1) is 5.92 Å². The molecule has 8 heteroatoms. The van der Waals surface area contributed by atoms with Crippen molar-refractivity contribution >= 4 is 21.7 Å². The minimum absolute atomic E-state index is 0.165. The van der Waals surface area contributed by atoms with Crippen molar-refractivity contribution in [2.75, 3.05) is 5.32 Å². The standard InChI is InChI=1S/C18H22N4O3S/c1-12(13-2-3-13)19-18(23)20-17-10-11-22(21-17)14-4-6-15(7-5-14)26(24,25)16-8-9-16/h4-7,10-13,16H,2-3,8-9H2,1H3,(H2,19,20,21,23)/t12-/m0/s1. The number of nitrogens with zero attached hydrogens (tertiary/aromatic N) is 2. The molecule has 2 saturated carbocycles. The van der Waals surface area contributed by atoms with E-state index in [9.17, 15) is 13.2 Å². The van der Waals surface area contributed by atoms with Crippen LogP contribution in [-0.4, -0.2) is 35.5 Å². The summed E-state index contributed by atoms with van der Waals surface area (Å²) in [5.74, 6) is 1.03. The Balaban J connectivity index is 1.41. The van der Waals surface area contributed by atoms with Crippen molar-refractivity contribution in [2.45, 2.75) is 48.8 Å². The van der Waals surface area contributed by atoms with Crippen molar-refractivity contribution in [2.24, 2.45) is 5.92 Å². The highest BCUT2D eigenvalue weighted by Gasteiger charge is 2.36. The van der Waals surface area contributed by atoms with E-state index in [1.165, 1.54) is 12.8 Å². The number of rotatable bonds is 6. The molecule has 0 aliphatic heterocycles. The molecule has 1 aromatic heterocycles. The van der Waals surface area contributed by atoms with E-state index in [2.05, 4.69) is 15.7 Å². The van der Waals surface area contributed by atoms with Crippen molar-refractivity contribution in [3.8, 4) is 5.69 Å². The van der Waals surface area contributed by atoms with Gasteiger partial charge in [0.15, 0.2) is 15.7 Å². The first-order valence-corrected chi connectivity index (χ1v) is 10.5. The van der Waals surface area contributed by atoms with E-state index in [1.807, 2.05) is 6.92 Å². The molecule has 0 unspecified atom stereocenters. The molecular weight excluding hydrogens is 352 g/mol. The SMILES string of the molecule is C[C@H](NC(=O)Nc1ccn(-c2ccc(S(=O)(=O)C3CC3)cc2)n1)C1CC1. The fourth-order valence-corrected chi connectivity index (χ4v) is 4.62. The average Bonchev–Trinajstić information content (AvgIpc) is 3.52. The second-order valence-corrected chi connectivity index (χ2v) is 9.34. The zero-order valence-corrected chi connectivity index (χ0v) is 15.4. The van der Waals surface area contributed by atoms with Crippen LogP contribution in [-0.2, 0) is 9.84 Å². The van der Waals surface area contributed by atoms with Gasteiger partial charge in [-0.15, -0.1) is 5.10 Å². The number of nitrogens with one attached hydrogen (secondary N) is 2. The van der Waals surface area contributed by atoms with Crippen LogP contribution >= 0.6 is 0 Å². The zero-order valence-electron chi connectivity index (χ0n) is 14.6. The minimum atomic E-state index is -3.18. The summed E-state index contributed by atoms with van der Waals surface area (Å²) >= 11 is 0. The van der Waals surface area contributed by atoms with Crippen molar-refractivity contribution in [3.05, 3.63) is 36.5 Å². The predicted molar refractivity (Wildman–Crippen MR) is 98.1 cm³/mol. The fourth-order valence-electron chi connectivity index (χ4n) is 2.97. The van der Waals surface area contributed by atoms with Crippen LogP contribution in [0.4, 0.5) is 10.6 Å². The lowest BCUT2D eigenvalue weighted by molar-refractivity contribution is 0.248. The maximum absolute atomic E-state index is 12.2. The first-order chi connectivity index (χ1) is 12.4.